The SMILES string of the molecule is CC(C)(C)c1cc(-c2sc(C(=O)N[C@H]3C[C@H](C(=O)O)C3)nc2CC2CCCCC2)cc(C(C)(C)O)n1. The minimum Gasteiger partial charge on any atom is -0.481 e. The predicted molar refractivity (Wildman–Crippen MR) is 141 cm³/mol. The number of hydrogen-bond donors (Lipinski definition) is 3. The van der Waals surface area contributed by atoms with E-state index in [4.69, 9.17) is 15.1 Å². The number of rotatable bonds is 7. The number of aliphatic hydroxyl groups is 1. The van der Waals surface area contributed by atoms with E-state index in [0.717, 1.165) is 28.2 Å². The Bertz CT molecular complexity index is 1080. The molecule has 4 rings (SSSR count). The molecule has 196 valence electrons. The number of carbonyl (C=O) groups excluding carboxylic acids is 1. The van der Waals surface area contributed by atoms with E-state index >= 15 is 0 Å². The van der Waals surface area contributed by atoms with Gasteiger partial charge in [0, 0.05) is 17.2 Å². The lowest BCUT2D eigenvalue weighted by Gasteiger charge is -2.32. The number of hydrogen-bond acceptors (Lipinski definition) is 6. The molecule has 2 fully saturated rings. The zero-order valence-corrected chi connectivity index (χ0v) is 22.9. The zero-order chi connectivity index (χ0) is 26.3. The Kier molecular flexibility index (Phi) is 7.58. The van der Waals surface area contributed by atoms with Crippen LogP contribution in [0, 0.1) is 11.8 Å². The first kappa shape index (κ1) is 26.7. The maximum Gasteiger partial charge on any atom is 0.306 e. The highest BCUT2D eigenvalue weighted by Gasteiger charge is 2.36. The highest BCUT2D eigenvalue weighted by atomic mass is 32.1. The molecule has 0 spiro atoms. The Morgan fingerprint density at radius 3 is 2.25 bits per heavy atom. The number of aromatic nitrogens is 2. The molecule has 0 radical (unpaired) electrons. The zero-order valence-electron chi connectivity index (χ0n) is 22.1. The van der Waals surface area contributed by atoms with Crippen molar-refractivity contribution in [2.45, 2.75) is 103 Å². The van der Waals surface area contributed by atoms with Crippen LogP contribution in [0.1, 0.15) is 106 Å². The number of carboxylic acids is 1. The standard InChI is InChI=1S/C28H39N3O4S/c1-27(2,3)21-14-17(15-22(31-21)28(4,5)35)23-20(11-16-9-7-6-8-10-16)30-25(36-23)24(32)29-19-12-18(13-19)26(33)34/h14-16,18-19,35H,6-13H2,1-5H3,(H,29,32)(H,33,34)/t18-,19-. The third-order valence-corrected chi connectivity index (χ3v) is 8.55. The van der Waals surface area contributed by atoms with Crippen molar-refractivity contribution in [2.75, 3.05) is 0 Å². The largest absolute Gasteiger partial charge is 0.481 e. The fraction of sp³-hybridized carbons (Fsp3) is 0.643. The van der Waals surface area contributed by atoms with Crippen LogP contribution in [-0.4, -0.2) is 38.1 Å². The highest BCUT2D eigenvalue weighted by Crippen LogP contribution is 2.38. The molecule has 2 aliphatic carbocycles. The smallest absolute Gasteiger partial charge is 0.306 e. The summed E-state index contributed by atoms with van der Waals surface area (Å²) < 4.78 is 0. The number of carbonyl (C=O) groups is 2. The van der Waals surface area contributed by atoms with Gasteiger partial charge in [-0.1, -0.05) is 52.9 Å². The molecule has 7 nitrogen and oxygen atoms in total. The lowest BCUT2D eigenvalue weighted by Crippen LogP contribution is -2.46. The van der Waals surface area contributed by atoms with Gasteiger partial charge in [-0.3, -0.25) is 14.6 Å². The summed E-state index contributed by atoms with van der Waals surface area (Å²) in [7, 11) is 0. The van der Waals surface area contributed by atoms with Gasteiger partial charge in [0.05, 0.1) is 22.2 Å². The minimum absolute atomic E-state index is 0.122. The van der Waals surface area contributed by atoms with Gasteiger partial charge in [0.1, 0.15) is 5.60 Å². The van der Waals surface area contributed by atoms with Crippen LogP contribution in [0.15, 0.2) is 12.1 Å². The van der Waals surface area contributed by atoms with Crippen molar-refractivity contribution < 1.29 is 19.8 Å². The van der Waals surface area contributed by atoms with Crippen LogP contribution >= 0.6 is 11.3 Å². The van der Waals surface area contributed by atoms with E-state index in [1.807, 2.05) is 6.07 Å². The van der Waals surface area contributed by atoms with Gasteiger partial charge in [-0.2, -0.15) is 0 Å². The van der Waals surface area contributed by atoms with Crippen molar-refractivity contribution in [3.05, 3.63) is 34.2 Å². The fourth-order valence-electron chi connectivity index (χ4n) is 5.02. The predicted octanol–water partition coefficient (Wildman–Crippen LogP) is 5.45. The van der Waals surface area contributed by atoms with Gasteiger partial charge in [-0.25, -0.2) is 4.98 Å². The Hall–Kier alpha value is -2.32. The van der Waals surface area contributed by atoms with Gasteiger partial charge in [-0.15, -0.1) is 11.3 Å². The normalized spacial score (nSPS) is 21.2. The van der Waals surface area contributed by atoms with Crippen molar-refractivity contribution in [1.29, 1.82) is 0 Å². The molecule has 2 aromatic rings. The lowest BCUT2D eigenvalue weighted by atomic mass is 9.80. The summed E-state index contributed by atoms with van der Waals surface area (Å²) in [4.78, 5) is 34.8. The van der Waals surface area contributed by atoms with Crippen molar-refractivity contribution in [3.8, 4) is 10.4 Å². The lowest BCUT2D eigenvalue weighted by molar-refractivity contribution is -0.145. The minimum atomic E-state index is -1.10. The van der Waals surface area contributed by atoms with E-state index in [9.17, 15) is 14.7 Å². The van der Waals surface area contributed by atoms with Gasteiger partial charge >= 0.3 is 5.97 Å². The third-order valence-electron chi connectivity index (χ3n) is 7.40. The molecule has 3 N–H and O–H groups in total. The van der Waals surface area contributed by atoms with Crippen LogP contribution in [0.4, 0.5) is 0 Å². The van der Waals surface area contributed by atoms with Gasteiger partial charge in [0.15, 0.2) is 5.01 Å². The molecule has 0 bridgehead atoms. The van der Waals surface area contributed by atoms with Crippen LogP contribution in [-0.2, 0) is 22.2 Å². The summed E-state index contributed by atoms with van der Waals surface area (Å²) in [5.41, 5.74) is 2.03. The molecule has 0 unspecified atom stereocenters. The Morgan fingerprint density at radius 2 is 1.67 bits per heavy atom. The topological polar surface area (TPSA) is 112 Å². The summed E-state index contributed by atoms with van der Waals surface area (Å²) in [5.74, 6) is -0.868. The number of nitrogens with zero attached hydrogens (tertiary/aromatic N) is 2. The van der Waals surface area contributed by atoms with Crippen LogP contribution in [0.5, 0.6) is 0 Å². The van der Waals surface area contributed by atoms with Crippen molar-refractivity contribution in [2.24, 2.45) is 11.8 Å². The fourth-order valence-corrected chi connectivity index (χ4v) is 6.00. The quantitative estimate of drug-likeness (QED) is 0.454. The van der Waals surface area contributed by atoms with Gasteiger partial charge in [0.2, 0.25) is 0 Å². The van der Waals surface area contributed by atoms with Gasteiger partial charge in [0.25, 0.3) is 5.91 Å². The van der Waals surface area contributed by atoms with Crippen molar-refractivity contribution >= 4 is 23.2 Å². The third kappa shape index (κ3) is 6.14. The average molecular weight is 514 g/mol. The summed E-state index contributed by atoms with van der Waals surface area (Å²) >= 11 is 1.38. The van der Waals surface area contributed by atoms with E-state index in [1.54, 1.807) is 13.8 Å². The van der Waals surface area contributed by atoms with Crippen LogP contribution in [0.25, 0.3) is 10.4 Å². The molecule has 0 aliphatic heterocycles. The Balaban J connectivity index is 1.69. The molecule has 8 heteroatoms. The average Bonchev–Trinajstić information content (AvgIpc) is 3.18. The molecular formula is C28H39N3O4S. The van der Waals surface area contributed by atoms with Gasteiger partial charge < -0.3 is 15.5 Å². The number of nitrogens with one attached hydrogen (secondary N) is 1. The second-order valence-corrected chi connectivity index (χ2v) is 13.1. The summed E-state index contributed by atoms with van der Waals surface area (Å²) in [6.07, 6.45) is 7.85. The summed E-state index contributed by atoms with van der Waals surface area (Å²) in [6, 6.07) is 3.87. The number of carboxylic acid groups (broad SMARTS) is 1. The number of aliphatic carboxylic acids is 1. The number of pyridine rings is 1. The summed E-state index contributed by atoms with van der Waals surface area (Å²) in [5, 5.41) is 23.3. The Morgan fingerprint density at radius 1 is 1.03 bits per heavy atom. The molecule has 0 atom stereocenters. The molecule has 1 amide bonds. The Labute approximate surface area is 217 Å². The first-order chi connectivity index (χ1) is 16.8. The molecule has 2 aromatic heterocycles. The second-order valence-electron chi connectivity index (χ2n) is 12.1. The van der Waals surface area contributed by atoms with Gasteiger partial charge in [-0.05, 0) is 56.7 Å². The number of thiazole rings is 1. The van der Waals surface area contributed by atoms with Crippen LogP contribution in [0.3, 0.4) is 0 Å². The van der Waals surface area contributed by atoms with E-state index in [-0.39, 0.29) is 23.3 Å². The first-order valence-electron chi connectivity index (χ1n) is 13.1. The van der Waals surface area contributed by atoms with E-state index in [1.165, 1.54) is 43.4 Å². The van der Waals surface area contributed by atoms with E-state index < -0.39 is 11.6 Å². The van der Waals surface area contributed by atoms with E-state index in [0.29, 0.717) is 29.5 Å². The highest BCUT2D eigenvalue weighted by molar-refractivity contribution is 7.17. The number of amides is 1. The monoisotopic (exact) mass is 513 g/mol. The molecule has 2 aliphatic rings. The maximum atomic E-state index is 13.1. The molecular weight excluding hydrogens is 474 g/mol. The molecule has 0 aromatic carbocycles. The second kappa shape index (κ2) is 10.2. The van der Waals surface area contributed by atoms with Crippen LogP contribution < -0.4 is 5.32 Å². The molecule has 2 saturated carbocycles. The van der Waals surface area contributed by atoms with E-state index in [2.05, 4.69) is 32.2 Å². The van der Waals surface area contributed by atoms with Crippen molar-refractivity contribution in [1.82, 2.24) is 15.3 Å². The van der Waals surface area contributed by atoms with Crippen molar-refractivity contribution in [3.63, 3.8) is 0 Å². The van der Waals surface area contributed by atoms with Crippen LogP contribution in [0.2, 0.25) is 0 Å². The maximum absolute atomic E-state index is 13.1. The first-order valence-corrected chi connectivity index (χ1v) is 13.9. The summed E-state index contributed by atoms with van der Waals surface area (Å²) in [6.45, 7) is 9.78. The molecule has 2 heterocycles. The molecule has 0 saturated heterocycles. The molecule has 36 heavy (non-hydrogen) atoms.